The van der Waals surface area contributed by atoms with Gasteiger partial charge in [0.05, 0.1) is 6.42 Å². The lowest BCUT2D eigenvalue weighted by Gasteiger charge is -2.41. The van der Waals surface area contributed by atoms with E-state index in [-0.39, 0.29) is 36.5 Å². The van der Waals surface area contributed by atoms with Crippen molar-refractivity contribution in [2.45, 2.75) is 31.2 Å². The Kier molecular flexibility index (Phi) is 7.25. The summed E-state index contributed by atoms with van der Waals surface area (Å²) in [6, 6.07) is 7.72. The monoisotopic (exact) mass is 483 g/mol. The first kappa shape index (κ1) is 24.9. The first-order valence-electron chi connectivity index (χ1n) is 12.1. The molecule has 4 amide bonds. The fraction of sp³-hybridized carbons (Fsp3) is 0.500. The zero-order valence-electron chi connectivity index (χ0n) is 20.7. The van der Waals surface area contributed by atoms with Crippen LogP contribution in [0.5, 0.6) is 0 Å². The van der Waals surface area contributed by atoms with Gasteiger partial charge in [0.2, 0.25) is 5.91 Å². The van der Waals surface area contributed by atoms with Crippen LogP contribution >= 0.6 is 0 Å². The Labute approximate surface area is 205 Å². The van der Waals surface area contributed by atoms with Crippen LogP contribution in [0.4, 0.5) is 9.18 Å². The van der Waals surface area contributed by atoms with Crippen molar-refractivity contribution in [3.8, 4) is 0 Å². The average Bonchev–Trinajstić information content (AvgIpc) is 3.32. The van der Waals surface area contributed by atoms with Gasteiger partial charge in [0.25, 0.3) is 5.91 Å². The standard InChI is InChI=1S/C26H34FN5O3/c1-29(2)13-14-32-24(34)26(28-25(32)35,17-19-5-4-6-22(27)15-19)21-8-11-31(12-9-21)23(33)16-20-7-10-30(3)18-20/h4-7,10,15,18,21H,8-9,11-14,16-17H2,1-3H3,(H,28,35)/t26-/m0/s1. The van der Waals surface area contributed by atoms with Crippen LogP contribution in [0.2, 0.25) is 0 Å². The lowest BCUT2D eigenvalue weighted by Crippen LogP contribution is -2.58. The zero-order valence-corrected chi connectivity index (χ0v) is 20.7. The van der Waals surface area contributed by atoms with Gasteiger partial charge in [-0.05, 0) is 62.2 Å². The number of imide groups is 1. The Balaban J connectivity index is 1.51. The molecule has 0 bridgehead atoms. The molecule has 1 N–H and O–H groups in total. The van der Waals surface area contributed by atoms with Crippen LogP contribution in [-0.2, 0) is 29.5 Å². The minimum Gasteiger partial charge on any atom is -0.357 e. The summed E-state index contributed by atoms with van der Waals surface area (Å²) in [7, 11) is 5.70. The topological polar surface area (TPSA) is 77.9 Å². The number of aryl methyl sites for hydroxylation is 1. The number of urea groups is 1. The van der Waals surface area contributed by atoms with E-state index in [1.54, 1.807) is 12.1 Å². The van der Waals surface area contributed by atoms with E-state index in [1.165, 1.54) is 17.0 Å². The third-order valence-electron chi connectivity index (χ3n) is 7.14. The molecule has 2 saturated heterocycles. The van der Waals surface area contributed by atoms with Gasteiger partial charge in [0.15, 0.2) is 0 Å². The van der Waals surface area contributed by atoms with Gasteiger partial charge in [-0.1, -0.05) is 12.1 Å². The van der Waals surface area contributed by atoms with Crippen molar-refractivity contribution >= 4 is 17.8 Å². The second kappa shape index (κ2) is 10.2. The number of halogens is 1. The minimum atomic E-state index is -1.15. The molecule has 2 fully saturated rings. The first-order valence-corrected chi connectivity index (χ1v) is 12.1. The molecule has 0 spiro atoms. The lowest BCUT2D eigenvalue weighted by atomic mass is 9.74. The van der Waals surface area contributed by atoms with Gasteiger partial charge < -0.3 is 19.7 Å². The van der Waals surface area contributed by atoms with Crippen LogP contribution in [-0.4, -0.2) is 82.9 Å². The van der Waals surface area contributed by atoms with Crippen LogP contribution in [0, 0.1) is 11.7 Å². The van der Waals surface area contributed by atoms with Gasteiger partial charge >= 0.3 is 6.03 Å². The van der Waals surface area contributed by atoms with E-state index in [0.717, 1.165) is 5.56 Å². The summed E-state index contributed by atoms with van der Waals surface area (Å²) in [5, 5.41) is 3.01. The number of piperidine rings is 1. The molecule has 1 aromatic heterocycles. The number of hydrogen-bond acceptors (Lipinski definition) is 4. The second-order valence-corrected chi connectivity index (χ2v) is 9.99. The summed E-state index contributed by atoms with van der Waals surface area (Å²) < 4.78 is 15.9. The molecule has 0 radical (unpaired) electrons. The molecule has 0 unspecified atom stereocenters. The average molecular weight is 484 g/mol. The van der Waals surface area contributed by atoms with Crippen molar-refractivity contribution in [1.29, 1.82) is 0 Å². The van der Waals surface area contributed by atoms with Crippen molar-refractivity contribution in [2.24, 2.45) is 13.0 Å². The van der Waals surface area contributed by atoms with Crippen molar-refractivity contribution in [2.75, 3.05) is 40.3 Å². The van der Waals surface area contributed by atoms with Gasteiger partial charge in [-0.15, -0.1) is 0 Å². The number of carbonyl (C=O) groups is 3. The lowest BCUT2D eigenvalue weighted by molar-refractivity contribution is -0.135. The summed E-state index contributed by atoms with van der Waals surface area (Å²) in [6.07, 6.45) is 5.59. The normalized spacial score (nSPS) is 21.2. The van der Waals surface area contributed by atoms with E-state index in [2.05, 4.69) is 5.32 Å². The number of nitrogens with one attached hydrogen (secondary N) is 1. The van der Waals surface area contributed by atoms with Crippen LogP contribution in [0.25, 0.3) is 0 Å². The highest BCUT2D eigenvalue weighted by atomic mass is 19.1. The third-order valence-corrected chi connectivity index (χ3v) is 7.14. The van der Waals surface area contributed by atoms with Gasteiger partial charge in [0.1, 0.15) is 11.4 Å². The van der Waals surface area contributed by atoms with E-state index in [1.807, 2.05) is 54.0 Å². The van der Waals surface area contributed by atoms with Crippen LogP contribution < -0.4 is 5.32 Å². The molecule has 35 heavy (non-hydrogen) atoms. The highest BCUT2D eigenvalue weighted by Crippen LogP contribution is 2.36. The fourth-order valence-corrected chi connectivity index (χ4v) is 5.23. The number of aromatic nitrogens is 1. The summed E-state index contributed by atoms with van der Waals surface area (Å²) in [4.78, 5) is 44.6. The molecule has 0 aliphatic carbocycles. The highest BCUT2D eigenvalue weighted by molar-refractivity contribution is 6.07. The molecular formula is C26H34FN5O3. The smallest absolute Gasteiger partial charge is 0.325 e. The summed E-state index contributed by atoms with van der Waals surface area (Å²) in [5.74, 6) is -0.738. The van der Waals surface area contributed by atoms with E-state index >= 15 is 0 Å². The van der Waals surface area contributed by atoms with Crippen molar-refractivity contribution in [1.82, 2.24) is 24.6 Å². The molecule has 3 heterocycles. The van der Waals surface area contributed by atoms with Gasteiger partial charge in [-0.3, -0.25) is 14.5 Å². The SMILES string of the molecule is CN(C)CCN1C(=O)N[C@@](Cc2cccc(F)c2)(C2CCN(C(=O)Cc3ccn(C)c3)CC2)C1=O. The minimum absolute atomic E-state index is 0.0585. The van der Waals surface area contributed by atoms with Gasteiger partial charge in [-0.2, -0.15) is 0 Å². The predicted molar refractivity (Wildman–Crippen MR) is 130 cm³/mol. The van der Waals surface area contributed by atoms with E-state index in [4.69, 9.17) is 0 Å². The molecule has 4 rings (SSSR count). The molecule has 1 aromatic carbocycles. The molecule has 2 aliphatic rings. The first-order chi connectivity index (χ1) is 16.7. The van der Waals surface area contributed by atoms with Crippen molar-refractivity contribution in [3.05, 3.63) is 59.7 Å². The number of likely N-dealkylation sites (tertiary alicyclic amines) is 1. The maximum Gasteiger partial charge on any atom is 0.325 e. The van der Waals surface area contributed by atoms with Gasteiger partial charge in [-0.25, -0.2) is 9.18 Å². The Hall–Kier alpha value is -3.20. The van der Waals surface area contributed by atoms with Crippen LogP contribution in [0.3, 0.4) is 0 Å². The van der Waals surface area contributed by atoms with Crippen molar-refractivity contribution < 1.29 is 18.8 Å². The van der Waals surface area contributed by atoms with Crippen molar-refractivity contribution in [3.63, 3.8) is 0 Å². The van der Waals surface area contributed by atoms with E-state index < -0.39 is 11.6 Å². The molecule has 2 aromatic rings. The number of rotatable bonds is 8. The Morgan fingerprint density at radius 2 is 1.91 bits per heavy atom. The van der Waals surface area contributed by atoms with Crippen LogP contribution in [0.1, 0.15) is 24.0 Å². The number of nitrogens with zero attached hydrogens (tertiary/aromatic N) is 4. The van der Waals surface area contributed by atoms with E-state index in [9.17, 15) is 18.8 Å². The maximum atomic E-state index is 14.0. The third kappa shape index (κ3) is 5.40. The number of carbonyl (C=O) groups excluding carboxylic acids is 3. The number of amides is 4. The summed E-state index contributed by atoms with van der Waals surface area (Å²) in [6.45, 7) is 1.88. The largest absolute Gasteiger partial charge is 0.357 e. The predicted octanol–water partition coefficient (Wildman–Crippen LogP) is 2.04. The quantitative estimate of drug-likeness (QED) is 0.583. The fourth-order valence-electron chi connectivity index (χ4n) is 5.23. The number of benzene rings is 1. The summed E-state index contributed by atoms with van der Waals surface area (Å²) in [5.41, 5.74) is 0.485. The molecule has 1 atom stereocenters. The maximum absolute atomic E-state index is 14.0. The number of likely N-dealkylation sites (N-methyl/N-ethyl adjacent to an activating group) is 1. The summed E-state index contributed by atoms with van der Waals surface area (Å²) >= 11 is 0. The second-order valence-electron chi connectivity index (χ2n) is 9.99. The Bertz CT molecular complexity index is 1090. The Morgan fingerprint density at radius 1 is 1.17 bits per heavy atom. The Morgan fingerprint density at radius 3 is 2.54 bits per heavy atom. The zero-order chi connectivity index (χ0) is 25.2. The molecule has 0 saturated carbocycles. The molecule has 188 valence electrons. The molecule has 9 heteroatoms. The highest BCUT2D eigenvalue weighted by Gasteiger charge is 2.55. The number of hydrogen-bond donors (Lipinski definition) is 1. The molecular weight excluding hydrogens is 449 g/mol. The van der Waals surface area contributed by atoms with E-state index in [0.29, 0.717) is 44.5 Å². The molecule has 2 aliphatic heterocycles. The van der Waals surface area contributed by atoms with Crippen LogP contribution in [0.15, 0.2) is 42.7 Å². The molecule has 8 nitrogen and oxygen atoms in total. The van der Waals surface area contributed by atoms with Gasteiger partial charge in [0, 0.05) is 52.0 Å².